The Bertz CT molecular complexity index is 429. The molecule has 0 radical (unpaired) electrons. The van der Waals surface area contributed by atoms with E-state index in [0.717, 1.165) is 50.6 Å². The third-order valence-corrected chi connectivity index (χ3v) is 6.70. The minimum atomic E-state index is 0.182. The second kappa shape index (κ2) is 8.46. The number of rotatable bonds is 4. The fourth-order valence-electron chi connectivity index (χ4n) is 4.98. The number of Topliss-reactive ketones (excluding diaryl/α,β-unsaturated/α-hetero) is 1. The van der Waals surface area contributed by atoms with Gasteiger partial charge in [-0.15, -0.1) is 0 Å². The van der Waals surface area contributed by atoms with Gasteiger partial charge in [-0.05, 0) is 89.6 Å². The number of nitrogens with one attached hydrogen (secondary N) is 1. The number of likely N-dealkylation sites (tertiary alicyclic amines) is 1. The molecule has 0 bridgehead atoms. The maximum absolute atomic E-state index is 12.8. The summed E-state index contributed by atoms with van der Waals surface area (Å²) in [4.78, 5) is 26.4. The number of hydrogen-bond acceptors (Lipinski definition) is 3. The van der Waals surface area contributed by atoms with Gasteiger partial charge in [-0.3, -0.25) is 9.59 Å². The second-order valence-electron chi connectivity index (χ2n) is 8.36. The Kier molecular flexibility index (Phi) is 6.31. The summed E-state index contributed by atoms with van der Waals surface area (Å²) in [6.07, 6.45) is 10.1. The van der Waals surface area contributed by atoms with E-state index in [0.29, 0.717) is 11.7 Å². The van der Waals surface area contributed by atoms with E-state index in [1.807, 2.05) is 0 Å². The topological polar surface area (TPSA) is 49.4 Å². The van der Waals surface area contributed by atoms with Gasteiger partial charge in [0.25, 0.3) is 0 Å². The number of nitrogens with zero attached hydrogens (tertiary/aromatic N) is 1. The van der Waals surface area contributed by atoms with Gasteiger partial charge in [0.05, 0.1) is 0 Å². The lowest BCUT2D eigenvalue weighted by Gasteiger charge is -2.37. The standard InChI is InChI=1S/C20H34N2O2/c1-15(23)18-2-4-19(5-3-18)20(24)22-12-8-17(9-13-22)14-16-6-10-21-11-7-16/h16-19,21H,2-14H2,1H3. The first-order chi connectivity index (χ1) is 11.6. The van der Waals surface area contributed by atoms with E-state index in [1.54, 1.807) is 6.92 Å². The Morgan fingerprint density at radius 1 is 0.833 bits per heavy atom. The van der Waals surface area contributed by atoms with Crippen LogP contribution in [0.5, 0.6) is 0 Å². The fraction of sp³-hybridized carbons (Fsp3) is 0.900. The summed E-state index contributed by atoms with van der Waals surface area (Å²) in [5.41, 5.74) is 0. The molecule has 1 aliphatic carbocycles. The fourth-order valence-corrected chi connectivity index (χ4v) is 4.98. The van der Waals surface area contributed by atoms with Gasteiger partial charge in [-0.25, -0.2) is 0 Å². The van der Waals surface area contributed by atoms with Gasteiger partial charge < -0.3 is 10.2 Å². The largest absolute Gasteiger partial charge is 0.342 e. The molecule has 4 heteroatoms. The van der Waals surface area contributed by atoms with Crippen LogP contribution in [0.3, 0.4) is 0 Å². The summed E-state index contributed by atoms with van der Waals surface area (Å²) in [6.45, 7) is 5.98. The number of ketones is 1. The average Bonchev–Trinajstić information content (AvgIpc) is 2.63. The van der Waals surface area contributed by atoms with E-state index < -0.39 is 0 Å². The minimum absolute atomic E-state index is 0.182. The summed E-state index contributed by atoms with van der Waals surface area (Å²) in [5.74, 6) is 2.80. The zero-order chi connectivity index (χ0) is 16.9. The van der Waals surface area contributed by atoms with Crippen LogP contribution in [0, 0.1) is 23.7 Å². The first kappa shape index (κ1) is 17.9. The lowest BCUT2D eigenvalue weighted by atomic mass is 9.79. The number of amides is 1. The average molecular weight is 335 g/mol. The van der Waals surface area contributed by atoms with Crippen molar-refractivity contribution in [2.75, 3.05) is 26.2 Å². The van der Waals surface area contributed by atoms with E-state index in [1.165, 1.54) is 45.2 Å². The third kappa shape index (κ3) is 4.59. The normalized spacial score (nSPS) is 30.3. The highest BCUT2D eigenvalue weighted by Crippen LogP contribution is 2.33. The predicted octanol–water partition coefficient (Wildman–Crippen LogP) is 3.01. The summed E-state index contributed by atoms with van der Waals surface area (Å²) >= 11 is 0. The van der Waals surface area contributed by atoms with Crippen LogP contribution in [0.15, 0.2) is 0 Å². The van der Waals surface area contributed by atoms with Gasteiger partial charge in [0.15, 0.2) is 0 Å². The summed E-state index contributed by atoms with van der Waals surface area (Å²) in [6, 6.07) is 0. The minimum Gasteiger partial charge on any atom is -0.342 e. The lowest BCUT2D eigenvalue weighted by molar-refractivity contribution is -0.139. The summed E-state index contributed by atoms with van der Waals surface area (Å²) < 4.78 is 0. The van der Waals surface area contributed by atoms with Crippen LogP contribution in [0.2, 0.25) is 0 Å². The molecule has 0 spiro atoms. The van der Waals surface area contributed by atoms with Crippen molar-refractivity contribution in [3.8, 4) is 0 Å². The van der Waals surface area contributed by atoms with Crippen LogP contribution >= 0.6 is 0 Å². The Balaban J connectivity index is 1.39. The SMILES string of the molecule is CC(=O)C1CCC(C(=O)N2CCC(CC3CCNCC3)CC2)CC1. The van der Waals surface area contributed by atoms with Crippen molar-refractivity contribution in [3.63, 3.8) is 0 Å². The van der Waals surface area contributed by atoms with Crippen molar-refractivity contribution < 1.29 is 9.59 Å². The first-order valence-electron chi connectivity index (χ1n) is 10.1. The lowest BCUT2D eigenvalue weighted by Crippen LogP contribution is -2.43. The third-order valence-electron chi connectivity index (χ3n) is 6.70. The maximum atomic E-state index is 12.8. The molecular weight excluding hydrogens is 300 g/mol. The highest BCUT2D eigenvalue weighted by atomic mass is 16.2. The first-order valence-corrected chi connectivity index (χ1v) is 10.1. The molecule has 2 heterocycles. The van der Waals surface area contributed by atoms with Crippen molar-refractivity contribution >= 4 is 11.7 Å². The van der Waals surface area contributed by atoms with E-state index in [-0.39, 0.29) is 11.8 Å². The van der Waals surface area contributed by atoms with Crippen LogP contribution in [-0.2, 0) is 9.59 Å². The molecule has 1 saturated carbocycles. The van der Waals surface area contributed by atoms with Crippen LogP contribution < -0.4 is 5.32 Å². The zero-order valence-electron chi connectivity index (χ0n) is 15.3. The molecule has 2 saturated heterocycles. The molecule has 0 aromatic rings. The van der Waals surface area contributed by atoms with Crippen LogP contribution in [-0.4, -0.2) is 42.8 Å². The summed E-state index contributed by atoms with van der Waals surface area (Å²) in [7, 11) is 0. The highest BCUT2D eigenvalue weighted by molar-refractivity contribution is 5.81. The van der Waals surface area contributed by atoms with Crippen LogP contribution in [0.4, 0.5) is 0 Å². The van der Waals surface area contributed by atoms with E-state index in [2.05, 4.69) is 10.2 Å². The van der Waals surface area contributed by atoms with Gasteiger partial charge in [-0.1, -0.05) is 0 Å². The Labute approximate surface area is 146 Å². The number of carbonyl (C=O) groups excluding carboxylic acids is 2. The van der Waals surface area contributed by atoms with Gasteiger partial charge >= 0.3 is 0 Å². The monoisotopic (exact) mass is 334 g/mol. The maximum Gasteiger partial charge on any atom is 0.225 e. The van der Waals surface area contributed by atoms with Crippen molar-refractivity contribution in [2.24, 2.45) is 23.7 Å². The Morgan fingerprint density at radius 3 is 1.96 bits per heavy atom. The number of hydrogen-bond donors (Lipinski definition) is 1. The smallest absolute Gasteiger partial charge is 0.225 e. The second-order valence-corrected chi connectivity index (χ2v) is 8.36. The molecule has 0 unspecified atom stereocenters. The van der Waals surface area contributed by atoms with Crippen molar-refractivity contribution in [3.05, 3.63) is 0 Å². The van der Waals surface area contributed by atoms with E-state index >= 15 is 0 Å². The molecule has 0 aromatic heterocycles. The van der Waals surface area contributed by atoms with E-state index in [9.17, 15) is 9.59 Å². The van der Waals surface area contributed by atoms with Crippen molar-refractivity contribution in [1.82, 2.24) is 10.2 Å². The molecule has 1 amide bonds. The molecule has 136 valence electrons. The molecule has 0 atom stereocenters. The van der Waals surface area contributed by atoms with Gasteiger partial charge in [-0.2, -0.15) is 0 Å². The summed E-state index contributed by atoms with van der Waals surface area (Å²) in [5, 5.41) is 3.45. The van der Waals surface area contributed by atoms with Crippen molar-refractivity contribution in [1.29, 1.82) is 0 Å². The van der Waals surface area contributed by atoms with Crippen LogP contribution in [0.1, 0.15) is 64.7 Å². The molecule has 3 rings (SSSR count). The Hall–Kier alpha value is -0.900. The molecule has 24 heavy (non-hydrogen) atoms. The molecule has 4 nitrogen and oxygen atoms in total. The molecule has 0 aromatic carbocycles. The molecule has 2 aliphatic heterocycles. The quantitative estimate of drug-likeness (QED) is 0.860. The molecular formula is C20H34N2O2. The molecule has 3 fully saturated rings. The van der Waals surface area contributed by atoms with Crippen LogP contribution in [0.25, 0.3) is 0 Å². The molecule has 3 aliphatic rings. The Morgan fingerprint density at radius 2 is 1.38 bits per heavy atom. The van der Waals surface area contributed by atoms with E-state index in [4.69, 9.17) is 0 Å². The molecule has 1 N–H and O–H groups in total. The van der Waals surface area contributed by atoms with Gasteiger partial charge in [0.2, 0.25) is 5.91 Å². The highest BCUT2D eigenvalue weighted by Gasteiger charge is 2.33. The zero-order valence-corrected chi connectivity index (χ0v) is 15.3. The van der Waals surface area contributed by atoms with Gasteiger partial charge in [0.1, 0.15) is 5.78 Å². The number of piperidine rings is 2. The van der Waals surface area contributed by atoms with Crippen molar-refractivity contribution in [2.45, 2.75) is 64.7 Å². The van der Waals surface area contributed by atoms with Gasteiger partial charge in [0, 0.05) is 24.9 Å². The predicted molar refractivity (Wildman–Crippen MR) is 95.6 cm³/mol. The number of carbonyl (C=O) groups is 2.